The Morgan fingerprint density at radius 1 is 1.13 bits per heavy atom. The zero-order chi connectivity index (χ0) is 16.8. The summed E-state index contributed by atoms with van der Waals surface area (Å²) in [6.07, 6.45) is 0. The highest BCUT2D eigenvalue weighted by atomic mass is 15.3. The zero-order valence-electron chi connectivity index (χ0n) is 13.6. The van der Waals surface area contributed by atoms with Gasteiger partial charge in [-0.05, 0) is 13.0 Å². The predicted molar refractivity (Wildman–Crippen MR) is 87.8 cm³/mol. The van der Waals surface area contributed by atoms with Crippen molar-refractivity contribution in [2.45, 2.75) is 33.1 Å². The van der Waals surface area contributed by atoms with Crippen molar-refractivity contribution in [3.05, 3.63) is 46.6 Å². The summed E-state index contributed by atoms with van der Waals surface area (Å²) in [4.78, 5) is 3.20. The maximum Gasteiger partial charge on any atom is 0.159 e. The van der Waals surface area contributed by atoms with Gasteiger partial charge < -0.3 is 4.98 Å². The van der Waals surface area contributed by atoms with Gasteiger partial charge in [0.25, 0.3) is 0 Å². The summed E-state index contributed by atoms with van der Waals surface area (Å²) in [5.74, 6) is 0.690. The molecule has 3 rings (SSSR count). The van der Waals surface area contributed by atoms with Crippen LogP contribution >= 0.6 is 0 Å². The molecule has 0 aliphatic carbocycles. The van der Waals surface area contributed by atoms with Gasteiger partial charge in [0.15, 0.2) is 11.5 Å². The van der Waals surface area contributed by atoms with E-state index in [2.05, 4.69) is 22.2 Å². The Morgan fingerprint density at radius 2 is 1.83 bits per heavy atom. The highest BCUT2D eigenvalue weighted by Gasteiger charge is 2.29. The number of aromatic amines is 1. The first-order chi connectivity index (χ1) is 10.9. The first kappa shape index (κ1) is 14.9. The van der Waals surface area contributed by atoms with Crippen LogP contribution in [0.1, 0.15) is 43.2 Å². The van der Waals surface area contributed by atoms with Gasteiger partial charge in [0.05, 0.1) is 11.3 Å². The zero-order valence-corrected chi connectivity index (χ0v) is 13.6. The molecule has 2 heterocycles. The molecule has 0 radical (unpaired) electrons. The lowest BCUT2D eigenvalue weighted by molar-refractivity contribution is 0.551. The maximum absolute atomic E-state index is 9.49. The quantitative estimate of drug-likeness (QED) is 0.744. The van der Waals surface area contributed by atoms with E-state index in [-0.39, 0.29) is 5.41 Å². The molecule has 0 spiro atoms. The van der Waals surface area contributed by atoms with Crippen LogP contribution in [0.3, 0.4) is 0 Å². The van der Waals surface area contributed by atoms with Gasteiger partial charge in [-0.1, -0.05) is 44.5 Å². The molecule has 0 fully saturated rings. The van der Waals surface area contributed by atoms with E-state index in [9.17, 15) is 10.5 Å². The third-order valence-electron chi connectivity index (χ3n) is 3.81. The lowest BCUT2D eigenvalue weighted by atomic mass is 9.89. The van der Waals surface area contributed by atoms with Gasteiger partial charge in [0, 0.05) is 11.0 Å². The van der Waals surface area contributed by atoms with E-state index in [4.69, 9.17) is 0 Å². The van der Waals surface area contributed by atoms with Crippen molar-refractivity contribution >= 4 is 5.65 Å². The predicted octanol–water partition coefficient (Wildman–Crippen LogP) is 3.68. The highest BCUT2D eigenvalue weighted by Crippen LogP contribution is 2.32. The third kappa shape index (κ3) is 2.27. The molecule has 1 N–H and O–H groups in total. The smallest absolute Gasteiger partial charge is 0.159 e. The van der Waals surface area contributed by atoms with E-state index in [1.807, 2.05) is 52.0 Å². The molecule has 0 unspecified atom stereocenters. The summed E-state index contributed by atoms with van der Waals surface area (Å²) in [7, 11) is 0. The molecule has 23 heavy (non-hydrogen) atoms. The minimum Gasteiger partial charge on any atom is -0.322 e. The van der Waals surface area contributed by atoms with Crippen LogP contribution in [0.15, 0.2) is 24.3 Å². The van der Waals surface area contributed by atoms with Crippen LogP contribution in [0.4, 0.5) is 0 Å². The Bertz CT molecular complexity index is 983. The molecule has 114 valence electrons. The number of aromatic nitrogens is 3. The number of benzene rings is 1. The van der Waals surface area contributed by atoms with Crippen molar-refractivity contribution in [2.24, 2.45) is 0 Å². The Morgan fingerprint density at radius 3 is 2.39 bits per heavy atom. The molecule has 0 amide bonds. The van der Waals surface area contributed by atoms with Crippen molar-refractivity contribution in [2.75, 3.05) is 0 Å². The number of H-pyrrole nitrogens is 1. The third-order valence-corrected chi connectivity index (χ3v) is 3.81. The molecule has 0 bridgehead atoms. The summed E-state index contributed by atoms with van der Waals surface area (Å²) < 4.78 is 1.70. The minimum absolute atomic E-state index is 0.303. The second-order valence-electron chi connectivity index (χ2n) is 6.68. The summed E-state index contributed by atoms with van der Waals surface area (Å²) >= 11 is 0. The molecular formula is C18H17N5. The van der Waals surface area contributed by atoms with Gasteiger partial charge in [0.1, 0.15) is 17.7 Å². The fourth-order valence-electron chi connectivity index (χ4n) is 2.85. The monoisotopic (exact) mass is 303 g/mol. The molecule has 0 atom stereocenters. The number of nitrogens with one attached hydrogen (secondary N) is 1. The van der Waals surface area contributed by atoms with Gasteiger partial charge in [-0.25, -0.2) is 4.52 Å². The second kappa shape index (κ2) is 5.00. The Kier molecular flexibility index (Phi) is 3.23. The van der Waals surface area contributed by atoms with E-state index < -0.39 is 0 Å². The number of nitrogens with zero attached hydrogens (tertiary/aromatic N) is 4. The number of rotatable bonds is 1. The number of hydrogen-bond acceptors (Lipinski definition) is 3. The molecule has 3 aromatic rings. The number of aryl methyl sites for hydroxylation is 1. The van der Waals surface area contributed by atoms with Gasteiger partial charge in [-0.3, -0.25) is 0 Å². The fraction of sp³-hybridized carbons (Fsp3) is 0.278. The number of fused-ring (bicyclic) bond motifs is 1. The van der Waals surface area contributed by atoms with Gasteiger partial charge in [0.2, 0.25) is 0 Å². The standard InChI is InChI=1S/C18H17N5/c1-11-6-5-7-12(8-11)16-21-17-14(10-20)13(9-19)15(18(2,3)4)23(17)22-16/h5-8H,1-4H3,(H,21,22). The molecule has 0 aliphatic heterocycles. The second-order valence-corrected chi connectivity index (χ2v) is 6.68. The molecule has 2 aromatic heterocycles. The van der Waals surface area contributed by atoms with Crippen LogP contribution in [0.5, 0.6) is 0 Å². The highest BCUT2D eigenvalue weighted by molar-refractivity contribution is 5.70. The van der Waals surface area contributed by atoms with Crippen molar-refractivity contribution < 1.29 is 0 Å². The van der Waals surface area contributed by atoms with Crippen molar-refractivity contribution in [1.29, 1.82) is 10.5 Å². The van der Waals surface area contributed by atoms with Crippen molar-refractivity contribution in [3.8, 4) is 23.5 Å². The van der Waals surface area contributed by atoms with Crippen LogP contribution in [-0.4, -0.2) is 14.6 Å². The van der Waals surface area contributed by atoms with E-state index in [0.29, 0.717) is 22.6 Å². The van der Waals surface area contributed by atoms with Crippen LogP contribution in [0, 0.1) is 29.6 Å². The normalized spacial score (nSPS) is 11.4. The summed E-state index contributed by atoms with van der Waals surface area (Å²) in [6.45, 7) is 8.06. The average molecular weight is 303 g/mol. The molecule has 0 saturated heterocycles. The summed E-state index contributed by atoms with van der Waals surface area (Å²) in [5, 5.41) is 23.6. The average Bonchev–Trinajstić information content (AvgIpc) is 3.01. The lowest BCUT2D eigenvalue weighted by Crippen LogP contribution is -2.16. The first-order valence-electron chi connectivity index (χ1n) is 7.39. The van der Waals surface area contributed by atoms with Gasteiger partial charge in [-0.15, -0.1) is 5.10 Å². The van der Waals surface area contributed by atoms with E-state index in [1.165, 1.54) is 0 Å². The van der Waals surface area contributed by atoms with Crippen molar-refractivity contribution in [1.82, 2.24) is 14.6 Å². The summed E-state index contributed by atoms with van der Waals surface area (Å²) in [5.41, 5.74) is 3.86. The molecular weight excluding hydrogens is 286 g/mol. The molecule has 0 aliphatic rings. The SMILES string of the molecule is Cc1cccc(-c2nn3c(C(C)(C)C)c(C#N)c(C#N)c3[nH]2)c1. The molecule has 5 nitrogen and oxygen atoms in total. The van der Waals surface area contributed by atoms with Gasteiger partial charge >= 0.3 is 0 Å². The first-order valence-corrected chi connectivity index (χ1v) is 7.39. The Hall–Kier alpha value is -3.05. The topological polar surface area (TPSA) is 80.7 Å². The number of nitriles is 2. The number of hydrogen-bond donors (Lipinski definition) is 1. The molecule has 0 saturated carbocycles. The van der Waals surface area contributed by atoms with Crippen LogP contribution in [0.25, 0.3) is 17.0 Å². The Labute approximate surface area is 134 Å². The van der Waals surface area contributed by atoms with Crippen molar-refractivity contribution in [3.63, 3.8) is 0 Å². The Balaban J connectivity index is 2.35. The lowest BCUT2D eigenvalue weighted by Gasteiger charge is -2.17. The maximum atomic E-state index is 9.49. The largest absolute Gasteiger partial charge is 0.322 e. The van der Waals surface area contributed by atoms with Crippen LogP contribution in [0.2, 0.25) is 0 Å². The fourth-order valence-corrected chi connectivity index (χ4v) is 2.85. The van der Waals surface area contributed by atoms with Crippen LogP contribution in [-0.2, 0) is 5.41 Å². The van der Waals surface area contributed by atoms with Crippen LogP contribution < -0.4 is 0 Å². The molecule has 1 aromatic carbocycles. The van der Waals surface area contributed by atoms with E-state index >= 15 is 0 Å². The van der Waals surface area contributed by atoms with E-state index in [0.717, 1.165) is 16.8 Å². The summed E-state index contributed by atoms with van der Waals surface area (Å²) in [6, 6.07) is 12.3. The van der Waals surface area contributed by atoms with E-state index in [1.54, 1.807) is 4.52 Å². The molecule has 5 heteroatoms. The minimum atomic E-state index is -0.303. The van der Waals surface area contributed by atoms with Gasteiger partial charge in [-0.2, -0.15) is 10.5 Å².